The van der Waals surface area contributed by atoms with E-state index < -0.39 is 20.8 Å². The molecule has 86 valence electrons. The highest BCUT2D eigenvalue weighted by Crippen LogP contribution is 2.24. The minimum Gasteiger partial charge on any atom is -0.248 e. The summed E-state index contributed by atoms with van der Waals surface area (Å²) in [5.74, 6) is -0.682. The molecule has 2 unspecified atom stereocenters. The highest BCUT2D eigenvalue weighted by molar-refractivity contribution is 7.93. The van der Waals surface area contributed by atoms with Crippen LogP contribution in [-0.2, 0) is 9.73 Å². The quantitative estimate of drug-likeness (QED) is 0.607. The van der Waals surface area contributed by atoms with Crippen LogP contribution in [0.2, 0.25) is 5.15 Å². The molecule has 0 aliphatic rings. The van der Waals surface area contributed by atoms with Gasteiger partial charge in [0.15, 0.2) is 11.0 Å². The Hall–Kier alpha value is -1.19. The largest absolute Gasteiger partial charge is 0.248 e. The standard InChI is InChI=1S/C9H9ClFN3OS/c1-6(16(2,15)14-5-12)7-3-8(11)9(10)13-4-7/h3-4,6H,1-2H3. The van der Waals surface area contributed by atoms with Crippen molar-refractivity contribution < 1.29 is 8.60 Å². The second-order valence-electron chi connectivity index (χ2n) is 3.24. The van der Waals surface area contributed by atoms with Crippen LogP contribution in [0, 0.1) is 17.3 Å². The molecule has 4 nitrogen and oxygen atoms in total. The van der Waals surface area contributed by atoms with Crippen molar-refractivity contribution in [2.24, 2.45) is 4.36 Å². The maximum atomic E-state index is 13.1. The van der Waals surface area contributed by atoms with Crippen LogP contribution in [0.3, 0.4) is 0 Å². The van der Waals surface area contributed by atoms with E-state index in [1.165, 1.54) is 18.6 Å². The van der Waals surface area contributed by atoms with Gasteiger partial charge in [-0.05, 0) is 18.6 Å². The van der Waals surface area contributed by atoms with Crippen LogP contribution < -0.4 is 0 Å². The van der Waals surface area contributed by atoms with Gasteiger partial charge in [0.2, 0.25) is 6.19 Å². The summed E-state index contributed by atoms with van der Waals surface area (Å²) in [4.78, 5) is 3.61. The molecule has 0 aromatic carbocycles. The van der Waals surface area contributed by atoms with Crippen molar-refractivity contribution in [3.05, 3.63) is 28.8 Å². The van der Waals surface area contributed by atoms with Crippen LogP contribution in [-0.4, -0.2) is 15.4 Å². The van der Waals surface area contributed by atoms with Crippen LogP contribution in [0.15, 0.2) is 16.6 Å². The molecule has 1 aromatic rings. The number of halogens is 2. The summed E-state index contributed by atoms with van der Waals surface area (Å²) in [5, 5.41) is 7.56. The average Bonchev–Trinajstić information content (AvgIpc) is 2.21. The van der Waals surface area contributed by atoms with Crippen molar-refractivity contribution in [1.82, 2.24) is 4.98 Å². The monoisotopic (exact) mass is 261 g/mol. The van der Waals surface area contributed by atoms with Crippen LogP contribution in [0.4, 0.5) is 4.39 Å². The zero-order valence-electron chi connectivity index (χ0n) is 8.65. The Balaban J connectivity index is 3.22. The first-order valence-electron chi connectivity index (χ1n) is 4.28. The number of rotatable bonds is 2. The molecule has 0 fully saturated rings. The van der Waals surface area contributed by atoms with Gasteiger partial charge in [0.1, 0.15) is 0 Å². The molecule has 1 heterocycles. The van der Waals surface area contributed by atoms with Gasteiger partial charge in [-0.2, -0.15) is 5.26 Å². The molecule has 1 rings (SSSR count). The molecular formula is C9H9ClFN3OS. The van der Waals surface area contributed by atoms with Gasteiger partial charge in [0.25, 0.3) is 0 Å². The molecule has 0 spiro atoms. The van der Waals surface area contributed by atoms with Crippen LogP contribution in [0.5, 0.6) is 0 Å². The second-order valence-corrected chi connectivity index (χ2v) is 6.21. The number of nitriles is 1. The van der Waals surface area contributed by atoms with E-state index in [-0.39, 0.29) is 5.15 Å². The van der Waals surface area contributed by atoms with E-state index in [0.29, 0.717) is 5.56 Å². The van der Waals surface area contributed by atoms with Gasteiger partial charge in [0, 0.05) is 12.5 Å². The number of nitrogens with zero attached hydrogens (tertiary/aromatic N) is 3. The fourth-order valence-corrected chi connectivity index (χ4v) is 2.13. The zero-order valence-corrected chi connectivity index (χ0v) is 10.2. The van der Waals surface area contributed by atoms with E-state index >= 15 is 0 Å². The highest BCUT2D eigenvalue weighted by Gasteiger charge is 2.17. The molecule has 0 radical (unpaired) electrons. The summed E-state index contributed by atoms with van der Waals surface area (Å²) in [7, 11) is -2.73. The lowest BCUT2D eigenvalue weighted by molar-refractivity contribution is 0.618. The molecule has 16 heavy (non-hydrogen) atoms. The summed E-state index contributed by atoms with van der Waals surface area (Å²) >= 11 is 5.43. The van der Waals surface area contributed by atoms with Crippen molar-refractivity contribution in [3.8, 4) is 6.19 Å². The lowest BCUT2D eigenvalue weighted by Crippen LogP contribution is -2.08. The van der Waals surface area contributed by atoms with Gasteiger partial charge in [0.05, 0.1) is 15.0 Å². The van der Waals surface area contributed by atoms with E-state index in [2.05, 4.69) is 9.35 Å². The maximum Gasteiger partial charge on any atom is 0.214 e. The molecule has 0 aliphatic heterocycles. The van der Waals surface area contributed by atoms with Gasteiger partial charge >= 0.3 is 0 Å². The van der Waals surface area contributed by atoms with Crippen molar-refractivity contribution >= 4 is 21.3 Å². The number of hydrogen-bond donors (Lipinski definition) is 0. The number of aromatic nitrogens is 1. The van der Waals surface area contributed by atoms with Crippen molar-refractivity contribution in [2.75, 3.05) is 6.26 Å². The summed E-state index contributed by atoms with van der Waals surface area (Å²) in [6.07, 6.45) is 4.16. The van der Waals surface area contributed by atoms with Gasteiger partial charge < -0.3 is 0 Å². The Morgan fingerprint density at radius 2 is 2.38 bits per heavy atom. The summed E-state index contributed by atoms with van der Waals surface area (Å²) < 4.78 is 28.4. The van der Waals surface area contributed by atoms with Crippen LogP contribution in [0.1, 0.15) is 17.7 Å². The van der Waals surface area contributed by atoms with Gasteiger partial charge in [-0.1, -0.05) is 11.6 Å². The Morgan fingerprint density at radius 3 is 2.88 bits per heavy atom. The lowest BCUT2D eigenvalue weighted by atomic mass is 10.2. The Kier molecular flexibility index (Phi) is 3.83. The van der Waals surface area contributed by atoms with Gasteiger partial charge in [-0.3, -0.25) is 0 Å². The molecular weight excluding hydrogens is 253 g/mol. The number of pyridine rings is 1. The molecule has 0 saturated carbocycles. The van der Waals surface area contributed by atoms with E-state index in [1.54, 1.807) is 6.92 Å². The Labute approximate surface area is 98.3 Å². The molecule has 0 bridgehead atoms. The molecule has 0 saturated heterocycles. The third kappa shape index (κ3) is 2.68. The minimum absolute atomic E-state index is 0.240. The third-order valence-corrected chi connectivity index (χ3v) is 4.47. The van der Waals surface area contributed by atoms with E-state index in [0.717, 1.165) is 6.07 Å². The smallest absolute Gasteiger partial charge is 0.214 e. The summed E-state index contributed by atoms with van der Waals surface area (Å²) in [6, 6.07) is 1.15. The fraction of sp³-hybridized carbons (Fsp3) is 0.333. The topological polar surface area (TPSA) is 66.1 Å². The SMILES string of the molecule is CC(c1cnc(Cl)c(F)c1)S(C)(=O)=NC#N. The highest BCUT2D eigenvalue weighted by atomic mass is 35.5. The summed E-state index contributed by atoms with van der Waals surface area (Å²) in [6.45, 7) is 1.59. The Bertz CT molecular complexity index is 560. The molecule has 1 aromatic heterocycles. The summed E-state index contributed by atoms with van der Waals surface area (Å²) in [5.41, 5.74) is 0.397. The van der Waals surface area contributed by atoms with Gasteiger partial charge in [-0.25, -0.2) is 13.6 Å². The maximum absolute atomic E-state index is 13.1. The van der Waals surface area contributed by atoms with Crippen molar-refractivity contribution in [1.29, 1.82) is 5.26 Å². The Morgan fingerprint density at radius 1 is 1.75 bits per heavy atom. The fourth-order valence-electron chi connectivity index (χ4n) is 1.07. The minimum atomic E-state index is -2.73. The predicted molar refractivity (Wildman–Crippen MR) is 59.7 cm³/mol. The van der Waals surface area contributed by atoms with E-state index in [1.807, 2.05) is 0 Å². The first kappa shape index (κ1) is 12.9. The van der Waals surface area contributed by atoms with Crippen LogP contribution >= 0.6 is 11.6 Å². The first-order valence-corrected chi connectivity index (χ1v) is 6.65. The molecule has 0 amide bonds. The average molecular weight is 262 g/mol. The molecule has 0 aliphatic carbocycles. The lowest BCUT2D eigenvalue weighted by Gasteiger charge is -2.12. The second kappa shape index (κ2) is 4.76. The van der Waals surface area contributed by atoms with Crippen molar-refractivity contribution in [2.45, 2.75) is 12.2 Å². The normalized spacial score (nSPS) is 15.9. The zero-order chi connectivity index (χ0) is 12.3. The predicted octanol–water partition coefficient (Wildman–Crippen LogP) is 2.51. The number of hydrogen-bond acceptors (Lipinski definition) is 4. The van der Waals surface area contributed by atoms with Crippen LogP contribution in [0.25, 0.3) is 0 Å². The molecule has 7 heteroatoms. The van der Waals surface area contributed by atoms with Crippen molar-refractivity contribution in [3.63, 3.8) is 0 Å². The molecule has 2 atom stereocenters. The molecule has 0 N–H and O–H groups in total. The third-order valence-electron chi connectivity index (χ3n) is 2.16. The van der Waals surface area contributed by atoms with Gasteiger partial charge in [-0.15, -0.1) is 4.36 Å². The first-order chi connectivity index (χ1) is 7.38. The van der Waals surface area contributed by atoms with E-state index in [4.69, 9.17) is 16.9 Å². The van der Waals surface area contributed by atoms with E-state index in [9.17, 15) is 8.60 Å².